The summed E-state index contributed by atoms with van der Waals surface area (Å²) in [4.78, 5) is 54.9. The molecule has 2 amide bonds. The number of anilines is 1. The Morgan fingerprint density at radius 1 is 0.966 bits per heavy atom. The van der Waals surface area contributed by atoms with Crippen LogP contribution in [-0.2, 0) is 19.2 Å². The summed E-state index contributed by atoms with van der Waals surface area (Å²) in [5, 5.41) is 0. The zero-order valence-electron chi connectivity index (χ0n) is 16.4. The molecule has 1 aromatic rings. The minimum Gasteiger partial charge on any atom is -0.356 e. The van der Waals surface area contributed by atoms with Crippen molar-refractivity contribution in [1.29, 1.82) is 0 Å². The highest BCUT2D eigenvalue weighted by atomic mass is 16.2. The maximum atomic E-state index is 13.4. The monoisotopic (exact) mass is 390 g/mol. The van der Waals surface area contributed by atoms with Crippen molar-refractivity contribution < 1.29 is 19.2 Å². The molecule has 2 bridgehead atoms. The van der Waals surface area contributed by atoms with Gasteiger partial charge in [-0.3, -0.25) is 19.2 Å². The third-order valence-corrected chi connectivity index (χ3v) is 6.76. The Bertz CT molecular complexity index is 1010. The van der Waals surface area contributed by atoms with Crippen LogP contribution >= 0.6 is 0 Å². The maximum absolute atomic E-state index is 13.4. The average molecular weight is 390 g/mol. The number of carbonyl (C=O) groups is 4. The fourth-order valence-corrected chi connectivity index (χ4v) is 5.30. The summed E-state index contributed by atoms with van der Waals surface area (Å²) in [7, 11) is 0. The maximum Gasteiger partial charge on any atom is 0.240 e. The van der Waals surface area contributed by atoms with Crippen molar-refractivity contribution >= 4 is 29.1 Å². The summed E-state index contributed by atoms with van der Waals surface area (Å²) >= 11 is 0. The summed E-state index contributed by atoms with van der Waals surface area (Å²) in [6.07, 6.45) is 5.99. The normalized spacial score (nSPS) is 32.7. The van der Waals surface area contributed by atoms with Crippen LogP contribution in [0, 0.1) is 17.3 Å². The second-order valence-corrected chi connectivity index (χ2v) is 8.88. The lowest BCUT2D eigenvalue weighted by Crippen LogP contribution is -2.51. The van der Waals surface area contributed by atoms with E-state index >= 15 is 0 Å². The van der Waals surface area contributed by atoms with E-state index < -0.39 is 23.9 Å². The molecule has 2 saturated heterocycles. The minimum atomic E-state index is -0.739. The number of amides is 2. The Kier molecular flexibility index (Phi) is 3.72. The van der Waals surface area contributed by atoms with Crippen LogP contribution in [0.5, 0.6) is 0 Å². The molecular weight excluding hydrogens is 368 g/mol. The van der Waals surface area contributed by atoms with Crippen molar-refractivity contribution in [2.24, 2.45) is 17.3 Å². The molecule has 3 heterocycles. The highest BCUT2D eigenvalue weighted by Crippen LogP contribution is 2.51. The van der Waals surface area contributed by atoms with Crippen LogP contribution in [0.1, 0.15) is 26.7 Å². The van der Waals surface area contributed by atoms with Crippen molar-refractivity contribution in [3.8, 4) is 0 Å². The summed E-state index contributed by atoms with van der Waals surface area (Å²) in [5.74, 6) is -2.12. The van der Waals surface area contributed by atoms with Gasteiger partial charge in [-0.05, 0) is 24.6 Å². The van der Waals surface area contributed by atoms with Crippen molar-refractivity contribution in [2.75, 3.05) is 4.90 Å². The SMILES string of the molecule is CC1(C)CCC(=O)C=C1N1C2C=CC(=O)C1C1C(=O)N(c3ccccc3)C(=O)C12. The molecule has 6 heteroatoms. The number of benzene rings is 1. The zero-order chi connectivity index (χ0) is 20.5. The van der Waals surface area contributed by atoms with Gasteiger partial charge >= 0.3 is 0 Å². The van der Waals surface area contributed by atoms with Crippen LogP contribution in [0.25, 0.3) is 0 Å². The number of imide groups is 1. The summed E-state index contributed by atoms with van der Waals surface area (Å²) in [5.41, 5.74) is 0.993. The average Bonchev–Trinajstić information content (AvgIpc) is 3.09. The predicted molar refractivity (Wildman–Crippen MR) is 106 cm³/mol. The van der Waals surface area contributed by atoms with E-state index in [-0.39, 0.29) is 28.8 Å². The number of carbonyl (C=O) groups excluding carboxylic acids is 4. The number of allylic oxidation sites excluding steroid dienone is 2. The molecule has 1 aliphatic carbocycles. The van der Waals surface area contributed by atoms with E-state index in [0.29, 0.717) is 18.5 Å². The van der Waals surface area contributed by atoms with Crippen LogP contribution in [0.2, 0.25) is 0 Å². The van der Waals surface area contributed by atoms with E-state index in [1.165, 1.54) is 11.0 Å². The third-order valence-electron chi connectivity index (χ3n) is 6.76. The Morgan fingerprint density at radius 3 is 2.38 bits per heavy atom. The van der Waals surface area contributed by atoms with Gasteiger partial charge in [0.1, 0.15) is 6.04 Å². The number of para-hydroxylation sites is 1. The first kappa shape index (κ1) is 18.0. The molecule has 29 heavy (non-hydrogen) atoms. The molecular formula is C23H22N2O4. The van der Waals surface area contributed by atoms with Crippen molar-refractivity contribution in [3.05, 3.63) is 54.3 Å². The zero-order valence-corrected chi connectivity index (χ0v) is 16.4. The van der Waals surface area contributed by atoms with Gasteiger partial charge in [-0.1, -0.05) is 38.1 Å². The van der Waals surface area contributed by atoms with E-state index in [1.54, 1.807) is 36.4 Å². The highest BCUT2D eigenvalue weighted by molar-refractivity contribution is 6.24. The fraction of sp³-hybridized carbons (Fsp3) is 0.391. The van der Waals surface area contributed by atoms with Gasteiger partial charge in [-0.25, -0.2) is 4.90 Å². The number of ketones is 2. The van der Waals surface area contributed by atoms with E-state index in [4.69, 9.17) is 0 Å². The smallest absolute Gasteiger partial charge is 0.240 e. The van der Waals surface area contributed by atoms with Crippen LogP contribution in [0.15, 0.2) is 54.3 Å². The van der Waals surface area contributed by atoms with Gasteiger partial charge in [-0.2, -0.15) is 0 Å². The van der Waals surface area contributed by atoms with E-state index in [9.17, 15) is 19.2 Å². The van der Waals surface area contributed by atoms with Crippen molar-refractivity contribution in [2.45, 2.75) is 38.8 Å². The van der Waals surface area contributed by atoms with Gasteiger partial charge in [0.25, 0.3) is 0 Å². The lowest BCUT2D eigenvalue weighted by atomic mass is 9.77. The van der Waals surface area contributed by atoms with Gasteiger partial charge in [0, 0.05) is 23.6 Å². The predicted octanol–water partition coefficient (Wildman–Crippen LogP) is 2.26. The van der Waals surface area contributed by atoms with Crippen LogP contribution in [0.3, 0.4) is 0 Å². The summed E-state index contributed by atoms with van der Waals surface area (Å²) in [6.45, 7) is 4.09. The molecule has 148 valence electrons. The minimum absolute atomic E-state index is 0.0226. The van der Waals surface area contributed by atoms with Gasteiger partial charge in [-0.15, -0.1) is 0 Å². The fourth-order valence-electron chi connectivity index (χ4n) is 5.30. The molecule has 0 saturated carbocycles. The van der Waals surface area contributed by atoms with Gasteiger partial charge in [0.2, 0.25) is 11.8 Å². The number of fused-ring (bicyclic) bond motifs is 5. The topological polar surface area (TPSA) is 74.8 Å². The Hall–Kier alpha value is -3.02. The number of hydrogen-bond acceptors (Lipinski definition) is 5. The molecule has 5 rings (SSSR count). The largest absolute Gasteiger partial charge is 0.356 e. The van der Waals surface area contributed by atoms with Crippen LogP contribution in [-0.4, -0.2) is 40.4 Å². The molecule has 6 nitrogen and oxygen atoms in total. The Balaban J connectivity index is 1.61. The highest BCUT2D eigenvalue weighted by Gasteiger charge is 2.65. The number of rotatable bonds is 2. The lowest BCUT2D eigenvalue weighted by Gasteiger charge is -2.44. The molecule has 0 radical (unpaired) electrons. The molecule has 2 fully saturated rings. The van der Waals surface area contributed by atoms with Gasteiger partial charge in [0.05, 0.1) is 23.6 Å². The third kappa shape index (κ3) is 2.41. The second-order valence-electron chi connectivity index (χ2n) is 8.88. The molecule has 1 aromatic carbocycles. The first-order chi connectivity index (χ1) is 13.8. The molecule has 4 unspecified atom stereocenters. The van der Waals surface area contributed by atoms with E-state index in [0.717, 1.165) is 5.70 Å². The summed E-state index contributed by atoms with van der Waals surface area (Å²) in [6, 6.07) is 7.71. The van der Waals surface area contributed by atoms with Gasteiger partial charge < -0.3 is 4.90 Å². The first-order valence-electron chi connectivity index (χ1n) is 9.99. The number of hydrogen-bond donors (Lipinski definition) is 0. The van der Waals surface area contributed by atoms with Crippen LogP contribution in [0.4, 0.5) is 5.69 Å². The lowest BCUT2D eigenvalue weighted by molar-refractivity contribution is -0.128. The van der Waals surface area contributed by atoms with Crippen LogP contribution < -0.4 is 4.90 Å². The molecule has 0 spiro atoms. The van der Waals surface area contributed by atoms with Crippen molar-refractivity contribution in [1.82, 2.24) is 4.90 Å². The molecule has 3 aliphatic heterocycles. The number of nitrogens with zero attached hydrogens (tertiary/aromatic N) is 2. The molecule has 0 N–H and O–H groups in total. The molecule has 0 aromatic heterocycles. The Labute approximate surface area is 168 Å². The summed E-state index contributed by atoms with van der Waals surface area (Å²) < 4.78 is 0. The second kappa shape index (κ2) is 5.99. The quantitative estimate of drug-likeness (QED) is 0.724. The van der Waals surface area contributed by atoms with Gasteiger partial charge in [0.15, 0.2) is 11.6 Å². The van der Waals surface area contributed by atoms with Crippen molar-refractivity contribution in [3.63, 3.8) is 0 Å². The van der Waals surface area contributed by atoms with E-state index in [2.05, 4.69) is 0 Å². The first-order valence-corrected chi connectivity index (χ1v) is 9.99. The van der Waals surface area contributed by atoms with E-state index in [1.807, 2.05) is 24.8 Å². The molecule has 4 aliphatic rings. The Morgan fingerprint density at radius 2 is 1.66 bits per heavy atom. The molecule has 4 atom stereocenters. The standard InChI is InChI=1S/C23H22N2O4/c1-23(2)11-10-14(26)12-17(23)25-15-8-9-16(27)20(25)19-18(15)21(28)24(22(19)29)13-6-4-3-5-7-13/h3-9,12,15,18-20H,10-11H2,1-2H3.